The number of nitrogens with one attached hydrogen (secondary N) is 2. The van der Waals surface area contributed by atoms with Crippen molar-refractivity contribution in [2.24, 2.45) is 16.1 Å². The van der Waals surface area contributed by atoms with E-state index in [0.717, 1.165) is 37.3 Å². The molecule has 4 heteroatoms. The van der Waals surface area contributed by atoms with Gasteiger partial charge in [-0.15, -0.1) is 0 Å². The molecule has 2 aliphatic heterocycles. The first-order valence-corrected chi connectivity index (χ1v) is 5.50. The van der Waals surface area contributed by atoms with Gasteiger partial charge in [0.2, 0.25) is 0 Å². The number of aliphatic imine (C=N–C) groups is 1. The first kappa shape index (κ1) is 8.97. The highest BCUT2D eigenvalue weighted by molar-refractivity contribution is 5.87. The number of fused-ring (bicyclic) bond motifs is 1. The number of hydrogen-bond donors (Lipinski definition) is 3. The predicted octanol–water partition coefficient (Wildman–Crippen LogP) is 0.0980. The third kappa shape index (κ3) is 1.21. The third-order valence-corrected chi connectivity index (χ3v) is 3.60. The molecule has 0 atom stereocenters. The lowest BCUT2D eigenvalue weighted by molar-refractivity contribution is 0.323. The lowest BCUT2D eigenvalue weighted by Gasteiger charge is -2.33. The Morgan fingerprint density at radius 2 is 2.13 bits per heavy atom. The minimum absolute atomic E-state index is 0.0965. The zero-order chi connectivity index (χ0) is 10.3. The van der Waals surface area contributed by atoms with Gasteiger partial charge >= 0.3 is 0 Å². The maximum atomic E-state index is 6.27. The monoisotopic (exact) mass is 204 g/mol. The second-order valence-corrected chi connectivity index (χ2v) is 4.44. The van der Waals surface area contributed by atoms with Gasteiger partial charge in [0.15, 0.2) is 0 Å². The van der Waals surface area contributed by atoms with E-state index < -0.39 is 0 Å². The summed E-state index contributed by atoms with van der Waals surface area (Å²) in [5, 5.41) is 6.65. The van der Waals surface area contributed by atoms with Crippen LogP contribution in [0.15, 0.2) is 28.0 Å². The molecule has 0 aromatic rings. The fourth-order valence-corrected chi connectivity index (χ4v) is 2.71. The summed E-state index contributed by atoms with van der Waals surface area (Å²) in [5.74, 6) is 0. The number of rotatable bonds is 0. The fourth-order valence-electron chi connectivity index (χ4n) is 2.71. The minimum Gasteiger partial charge on any atom is -0.400 e. The Morgan fingerprint density at radius 3 is 2.87 bits per heavy atom. The molecule has 1 saturated heterocycles. The lowest BCUT2D eigenvalue weighted by atomic mass is 9.78. The molecule has 2 heterocycles. The molecule has 3 rings (SSSR count). The average Bonchev–Trinajstić information content (AvgIpc) is 2.54. The van der Waals surface area contributed by atoms with Crippen molar-refractivity contribution in [3.8, 4) is 0 Å². The number of piperidine rings is 1. The number of nitrogens with zero attached hydrogens (tertiary/aromatic N) is 1. The smallest absolute Gasteiger partial charge is 0.107 e. The van der Waals surface area contributed by atoms with Crippen molar-refractivity contribution in [3.05, 3.63) is 23.0 Å². The molecule has 0 radical (unpaired) electrons. The van der Waals surface area contributed by atoms with Gasteiger partial charge in [0.1, 0.15) is 6.67 Å². The number of nitrogens with two attached hydrogens (primary N) is 1. The predicted molar refractivity (Wildman–Crippen MR) is 60.3 cm³/mol. The van der Waals surface area contributed by atoms with Crippen LogP contribution in [0.1, 0.15) is 12.8 Å². The Kier molecular flexibility index (Phi) is 1.85. The number of hydrogen-bond acceptors (Lipinski definition) is 4. The van der Waals surface area contributed by atoms with Gasteiger partial charge in [-0.25, -0.2) is 0 Å². The van der Waals surface area contributed by atoms with Gasteiger partial charge < -0.3 is 16.4 Å². The van der Waals surface area contributed by atoms with E-state index in [0.29, 0.717) is 6.67 Å². The van der Waals surface area contributed by atoms with E-state index in [1.807, 2.05) is 6.21 Å². The second kappa shape index (κ2) is 3.10. The van der Waals surface area contributed by atoms with Crippen molar-refractivity contribution < 1.29 is 0 Å². The third-order valence-electron chi connectivity index (χ3n) is 3.60. The largest absolute Gasteiger partial charge is 0.400 e. The van der Waals surface area contributed by atoms with Crippen LogP contribution in [0.4, 0.5) is 0 Å². The van der Waals surface area contributed by atoms with Crippen molar-refractivity contribution in [1.82, 2.24) is 10.6 Å². The Morgan fingerprint density at radius 1 is 1.33 bits per heavy atom. The van der Waals surface area contributed by atoms with Gasteiger partial charge in [0.05, 0.1) is 5.70 Å². The molecule has 4 nitrogen and oxygen atoms in total. The van der Waals surface area contributed by atoms with Gasteiger partial charge in [-0.3, -0.25) is 4.99 Å². The van der Waals surface area contributed by atoms with Crippen LogP contribution in [0.5, 0.6) is 0 Å². The standard InChI is InChI=1S/C11H16N4/c12-10-9-8(6-14-7-15-9)5-11(10)1-3-13-4-2-11/h5-6,13,15H,1-4,7,12H2. The molecule has 80 valence electrons. The van der Waals surface area contributed by atoms with E-state index in [9.17, 15) is 0 Å². The van der Waals surface area contributed by atoms with Gasteiger partial charge in [-0.05, 0) is 25.9 Å². The van der Waals surface area contributed by atoms with E-state index in [1.165, 1.54) is 5.57 Å². The van der Waals surface area contributed by atoms with E-state index in [-0.39, 0.29) is 5.41 Å². The van der Waals surface area contributed by atoms with E-state index in [4.69, 9.17) is 5.73 Å². The van der Waals surface area contributed by atoms with Crippen LogP contribution in [0.3, 0.4) is 0 Å². The Labute approximate surface area is 89.3 Å². The average molecular weight is 204 g/mol. The molecule has 0 bridgehead atoms. The van der Waals surface area contributed by atoms with Crippen molar-refractivity contribution in [2.75, 3.05) is 19.8 Å². The van der Waals surface area contributed by atoms with Gasteiger partial charge in [0.25, 0.3) is 0 Å². The van der Waals surface area contributed by atoms with Crippen molar-refractivity contribution in [2.45, 2.75) is 12.8 Å². The highest BCUT2D eigenvalue weighted by atomic mass is 15.1. The van der Waals surface area contributed by atoms with Gasteiger partial charge in [0, 0.05) is 22.9 Å². The summed E-state index contributed by atoms with van der Waals surface area (Å²) in [7, 11) is 0. The maximum Gasteiger partial charge on any atom is 0.107 e. The summed E-state index contributed by atoms with van der Waals surface area (Å²) in [5.41, 5.74) is 9.69. The first-order valence-electron chi connectivity index (χ1n) is 5.50. The van der Waals surface area contributed by atoms with Crippen LogP contribution in [-0.2, 0) is 0 Å². The topological polar surface area (TPSA) is 62.4 Å². The zero-order valence-corrected chi connectivity index (χ0v) is 8.71. The van der Waals surface area contributed by atoms with E-state index in [2.05, 4.69) is 21.7 Å². The molecular formula is C11H16N4. The molecule has 3 aliphatic rings. The molecule has 0 amide bonds. The normalized spacial score (nSPS) is 27.6. The summed E-state index contributed by atoms with van der Waals surface area (Å²) >= 11 is 0. The van der Waals surface area contributed by atoms with Crippen LogP contribution < -0.4 is 16.4 Å². The van der Waals surface area contributed by atoms with Gasteiger partial charge in [-0.1, -0.05) is 6.08 Å². The van der Waals surface area contributed by atoms with Crippen LogP contribution in [-0.4, -0.2) is 26.0 Å². The second-order valence-electron chi connectivity index (χ2n) is 4.44. The quantitative estimate of drug-likeness (QED) is 0.524. The molecule has 15 heavy (non-hydrogen) atoms. The Bertz CT molecular complexity index is 372. The van der Waals surface area contributed by atoms with Crippen LogP contribution in [0.25, 0.3) is 0 Å². The fraction of sp³-hybridized carbons (Fsp3) is 0.545. The highest BCUT2D eigenvalue weighted by Gasteiger charge is 2.39. The van der Waals surface area contributed by atoms with Crippen LogP contribution >= 0.6 is 0 Å². The number of allylic oxidation sites excluding steroid dienone is 2. The van der Waals surface area contributed by atoms with Crippen molar-refractivity contribution in [1.29, 1.82) is 0 Å². The maximum absolute atomic E-state index is 6.27. The van der Waals surface area contributed by atoms with E-state index >= 15 is 0 Å². The summed E-state index contributed by atoms with van der Waals surface area (Å²) in [6.45, 7) is 2.76. The SMILES string of the molecule is NC1=C2NCN=CC2=CC12CCNCC2. The molecule has 0 unspecified atom stereocenters. The Balaban J connectivity index is 2.03. The summed E-state index contributed by atoms with van der Waals surface area (Å²) in [4.78, 5) is 4.22. The van der Waals surface area contributed by atoms with Crippen LogP contribution in [0.2, 0.25) is 0 Å². The highest BCUT2D eigenvalue weighted by Crippen LogP contribution is 2.43. The van der Waals surface area contributed by atoms with E-state index in [1.54, 1.807) is 0 Å². The molecule has 0 saturated carbocycles. The van der Waals surface area contributed by atoms with Crippen molar-refractivity contribution >= 4 is 6.21 Å². The molecule has 0 aromatic heterocycles. The van der Waals surface area contributed by atoms with Crippen molar-refractivity contribution in [3.63, 3.8) is 0 Å². The molecular weight excluding hydrogens is 188 g/mol. The summed E-state index contributed by atoms with van der Waals surface area (Å²) < 4.78 is 0. The molecule has 4 N–H and O–H groups in total. The molecule has 0 aromatic carbocycles. The van der Waals surface area contributed by atoms with Gasteiger partial charge in [-0.2, -0.15) is 0 Å². The lowest BCUT2D eigenvalue weighted by Crippen LogP contribution is -2.38. The minimum atomic E-state index is 0.0965. The molecule has 1 spiro atoms. The molecule has 1 aliphatic carbocycles. The summed E-state index contributed by atoms with van der Waals surface area (Å²) in [6, 6.07) is 0. The van der Waals surface area contributed by atoms with Crippen LogP contribution in [0, 0.1) is 5.41 Å². The first-order chi connectivity index (χ1) is 7.32. The Hall–Kier alpha value is -1.29. The zero-order valence-electron chi connectivity index (χ0n) is 8.71. The summed E-state index contributed by atoms with van der Waals surface area (Å²) in [6.07, 6.45) is 6.44. The molecule has 1 fully saturated rings.